The number of amides is 1. The number of hydrogen-bond acceptors (Lipinski definition) is 3. The average Bonchev–Trinajstić information content (AvgIpc) is 3.04. The molecule has 1 saturated heterocycles. The van der Waals surface area contributed by atoms with E-state index in [0.29, 0.717) is 41.1 Å². The number of fused-ring (bicyclic) bond motifs is 1. The Bertz CT molecular complexity index is 884. The van der Waals surface area contributed by atoms with Crippen molar-refractivity contribution in [3.63, 3.8) is 0 Å². The van der Waals surface area contributed by atoms with Crippen LogP contribution in [0.2, 0.25) is 10.0 Å². The van der Waals surface area contributed by atoms with Crippen molar-refractivity contribution >= 4 is 40.1 Å². The predicted octanol–water partition coefficient (Wildman–Crippen LogP) is 4.95. The Balaban J connectivity index is 1.57. The van der Waals surface area contributed by atoms with Gasteiger partial charge in [0.25, 0.3) is 5.91 Å². The lowest BCUT2D eigenvalue weighted by Gasteiger charge is -2.32. The number of halogens is 2. The standard InChI is InChI=1S/C19H15Cl2NO3/c20-14-7-13(8-15(21)10-14)18-11-22(5-6-24-18)19(23)17-9-12-3-1-2-4-16(12)25-17/h1-4,7-10,18H,5-6,11H2. The summed E-state index contributed by atoms with van der Waals surface area (Å²) in [6.07, 6.45) is -0.265. The van der Waals surface area contributed by atoms with Gasteiger partial charge in [0.05, 0.1) is 13.2 Å². The molecular weight excluding hydrogens is 361 g/mol. The molecule has 1 aromatic heterocycles. The first-order valence-corrected chi connectivity index (χ1v) is 8.71. The number of furan rings is 1. The third-order valence-electron chi connectivity index (χ3n) is 4.25. The summed E-state index contributed by atoms with van der Waals surface area (Å²) in [5.41, 5.74) is 1.57. The van der Waals surface area contributed by atoms with Gasteiger partial charge in [-0.25, -0.2) is 0 Å². The Morgan fingerprint density at radius 3 is 2.60 bits per heavy atom. The molecule has 0 N–H and O–H groups in total. The molecule has 6 heteroatoms. The fourth-order valence-electron chi connectivity index (χ4n) is 3.04. The fraction of sp³-hybridized carbons (Fsp3) is 0.211. The maximum absolute atomic E-state index is 12.8. The lowest BCUT2D eigenvalue weighted by atomic mass is 10.1. The minimum atomic E-state index is -0.265. The van der Waals surface area contributed by atoms with Gasteiger partial charge in [-0.1, -0.05) is 41.4 Å². The van der Waals surface area contributed by atoms with Crippen molar-refractivity contribution in [1.29, 1.82) is 0 Å². The summed E-state index contributed by atoms with van der Waals surface area (Å²) in [4.78, 5) is 14.5. The summed E-state index contributed by atoms with van der Waals surface area (Å²) in [6, 6.07) is 14.6. The van der Waals surface area contributed by atoms with Crippen LogP contribution in [0.1, 0.15) is 22.2 Å². The number of hydrogen-bond donors (Lipinski definition) is 0. The molecule has 1 unspecified atom stereocenters. The van der Waals surface area contributed by atoms with Gasteiger partial charge in [-0.3, -0.25) is 4.79 Å². The van der Waals surface area contributed by atoms with Crippen molar-refractivity contribution in [3.05, 3.63) is 69.9 Å². The highest BCUT2D eigenvalue weighted by Crippen LogP contribution is 2.29. The van der Waals surface area contributed by atoms with Gasteiger partial charge in [0, 0.05) is 22.0 Å². The molecule has 3 aromatic rings. The number of carbonyl (C=O) groups excluding carboxylic acids is 1. The van der Waals surface area contributed by atoms with Crippen molar-refractivity contribution in [2.24, 2.45) is 0 Å². The molecule has 1 fully saturated rings. The Morgan fingerprint density at radius 2 is 1.84 bits per heavy atom. The predicted molar refractivity (Wildman–Crippen MR) is 97.3 cm³/mol. The zero-order chi connectivity index (χ0) is 17.4. The first-order chi connectivity index (χ1) is 12.1. The van der Waals surface area contributed by atoms with Crippen molar-refractivity contribution in [3.8, 4) is 0 Å². The molecule has 1 aliphatic heterocycles. The van der Waals surface area contributed by atoms with Crippen molar-refractivity contribution in [2.75, 3.05) is 19.7 Å². The first kappa shape index (κ1) is 16.5. The zero-order valence-corrected chi connectivity index (χ0v) is 14.8. The summed E-state index contributed by atoms with van der Waals surface area (Å²) in [5, 5.41) is 2.01. The van der Waals surface area contributed by atoms with Gasteiger partial charge in [0.15, 0.2) is 5.76 Å². The molecule has 0 spiro atoms. The monoisotopic (exact) mass is 375 g/mol. The van der Waals surface area contributed by atoms with Crippen LogP contribution < -0.4 is 0 Å². The van der Waals surface area contributed by atoms with Gasteiger partial charge in [-0.05, 0) is 35.9 Å². The Kier molecular flexibility index (Phi) is 4.42. The second kappa shape index (κ2) is 6.71. The number of rotatable bonds is 2. The normalized spacial score (nSPS) is 17.8. The van der Waals surface area contributed by atoms with Crippen LogP contribution in [0, 0.1) is 0 Å². The number of para-hydroxylation sites is 1. The summed E-state index contributed by atoms with van der Waals surface area (Å²) >= 11 is 12.1. The molecule has 2 heterocycles. The maximum atomic E-state index is 12.8. The quantitative estimate of drug-likeness (QED) is 0.635. The molecule has 0 bridgehead atoms. The third-order valence-corrected chi connectivity index (χ3v) is 4.68. The molecule has 25 heavy (non-hydrogen) atoms. The van der Waals surface area contributed by atoms with Gasteiger partial charge in [0.1, 0.15) is 11.7 Å². The van der Waals surface area contributed by atoms with Gasteiger partial charge < -0.3 is 14.1 Å². The van der Waals surface area contributed by atoms with Crippen LogP contribution in [0.25, 0.3) is 11.0 Å². The lowest BCUT2D eigenvalue weighted by molar-refractivity contribution is -0.0237. The lowest BCUT2D eigenvalue weighted by Crippen LogP contribution is -2.42. The van der Waals surface area contributed by atoms with Crippen LogP contribution >= 0.6 is 23.2 Å². The van der Waals surface area contributed by atoms with E-state index in [2.05, 4.69) is 0 Å². The largest absolute Gasteiger partial charge is 0.451 e. The van der Waals surface area contributed by atoms with E-state index in [-0.39, 0.29) is 12.0 Å². The van der Waals surface area contributed by atoms with Crippen LogP contribution in [-0.2, 0) is 4.74 Å². The average molecular weight is 376 g/mol. The molecule has 4 nitrogen and oxygen atoms in total. The highest BCUT2D eigenvalue weighted by atomic mass is 35.5. The number of carbonyl (C=O) groups is 1. The Morgan fingerprint density at radius 1 is 1.08 bits per heavy atom. The number of nitrogens with zero attached hydrogens (tertiary/aromatic N) is 1. The van der Waals surface area contributed by atoms with E-state index in [0.717, 1.165) is 10.9 Å². The number of ether oxygens (including phenoxy) is 1. The maximum Gasteiger partial charge on any atom is 0.289 e. The SMILES string of the molecule is O=C(c1cc2ccccc2o1)N1CCOC(c2cc(Cl)cc(Cl)c2)C1. The first-order valence-electron chi connectivity index (χ1n) is 7.95. The van der Waals surface area contributed by atoms with E-state index in [9.17, 15) is 4.79 Å². The van der Waals surface area contributed by atoms with E-state index in [1.807, 2.05) is 36.4 Å². The highest BCUT2D eigenvalue weighted by Gasteiger charge is 2.28. The molecule has 0 aliphatic carbocycles. The summed E-state index contributed by atoms with van der Waals surface area (Å²) in [7, 11) is 0. The van der Waals surface area contributed by atoms with Crippen molar-refractivity contribution < 1.29 is 13.9 Å². The minimum absolute atomic E-state index is 0.141. The van der Waals surface area contributed by atoms with Gasteiger partial charge in [0.2, 0.25) is 0 Å². The van der Waals surface area contributed by atoms with Gasteiger partial charge in [-0.2, -0.15) is 0 Å². The number of benzene rings is 2. The minimum Gasteiger partial charge on any atom is -0.451 e. The summed E-state index contributed by atoms with van der Waals surface area (Å²) in [6.45, 7) is 1.38. The Labute approximate surface area is 154 Å². The van der Waals surface area contributed by atoms with E-state index in [4.69, 9.17) is 32.4 Å². The van der Waals surface area contributed by atoms with E-state index < -0.39 is 0 Å². The molecular formula is C19H15Cl2NO3. The third kappa shape index (κ3) is 3.38. The molecule has 1 amide bonds. The molecule has 128 valence electrons. The second-order valence-electron chi connectivity index (χ2n) is 5.96. The zero-order valence-electron chi connectivity index (χ0n) is 13.2. The molecule has 2 aromatic carbocycles. The molecule has 0 radical (unpaired) electrons. The van der Waals surface area contributed by atoms with Crippen LogP contribution in [0.3, 0.4) is 0 Å². The van der Waals surface area contributed by atoms with Crippen molar-refractivity contribution in [1.82, 2.24) is 4.90 Å². The molecule has 4 rings (SSSR count). The summed E-state index contributed by atoms with van der Waals surface area (Å²) < 4.78 is 11.5. The second-order valence-corrected chi connectivity index (χ2v) is 6.83. The van der Waals surface area contributed by atoms with Crippen LogP contribution in [0.4, 0.5) is 0 Å². The van der Waals surface area contributed by atoms with E-state index in [1.165, 1.54) is 0 Å². The van der Waals surface area contributed by atoms with Crippen molar-refractivity contribution in [2.45, 2.75) is 6.10 Å². The van der Waals surface area contributed by atoms with E-state index >= 15 is 0 Å². The van der Waals surface area contributed by atoms with Gasteiger partial charge in [-0.15, -0.1) is 0 Å². The van der Waals surface area contributed by atoms with Gasteiger partial charge >= 0.3 is 0 Å². The van der Waals surface area contributed by atoms with E-state index in [1.54, 1.807) is 17.0 Å². The number of morpholine rings is 1. The van der Waals surface area contributed by atoms with Crippen LogP contribution in [-0.4, -0.2) is 30.5 Å². The Hall–Kier alpha value is -2.01. The molecule has 1 aliphatic rings. The molecule has 1 atom stereocenters. The molecule has 0 saturated carbocycles. The van der Waals surface area contributed by atoms with Crippen LogP contribution in [0.15, 0.2) is 52.9 Å². The smallest absolute Gasteiger partial charge is 0.289 e. The fourth-order valence-corrected chi connectivity index (χ4v) is 3.58. The van der Waals surface area contributed by atoms with Crippen LogP contribution in [0.5, 0.6) is 0 Å². The topological polar surface area (TPSA) is 42.7 Å². The summed E-state index contributed by atoms with van der Waals surface area (Å²) in [5.74, 6) is 0.198. The highest BCUT2D eigenvalue weighted by molar-refractivity contribution is 6.34.